The number of phenolic OH excluding ortho intramolecular Hbond substituents is 1. The van der Waals surface area contributed by atoms with Crippen molar-refractivity contribution in [3.05, 3.63) is 27.3 Å². The Morgan fingerprint density at radius 3 is 3.00 bits per heavy atom. The molecule has 0 bridgehead atoms. The minimum atomic E-state index is -0.236. The first-order chi connectivity index (χ1) is 8.61. The molecule has 4 nitrogen and oxygen atoms in total. The Labute approximate surface area is 120 Å². The SMILES string of the molecule is COC1CCCC1NC(=O)c1cc(I)ccc1O. The van der Waals surface area contributed by atoms with E-state index in [1.54, 1.807) is 25.3 Å². The van der Waals surface area contributed by atoms with Crippen LogP contribution in [0.2, 0.25) is 0 Å². The van der Waals surface area contributed by atoms with Crippen LogP contribution < -0.4 is 5.32 Å². The van der Waals surface area contributed by atoms with Crippen LogP contribution in [-0.2, 0) is 4.74 Å². The molecule has 2 atom stereocenters. The Bertz CT molecular complexity index is 450. The summed E-state index contributed by atoms with van der Waals surface area (Å²) in [4.78, 5) is 12.1. The molecule has 2 rings (SSSR count). The van der Waals surface area contributed by atoms with E-state index >= 15 is 0 Å². The molecule has 1 aromatic rings. The van der Waals surface area contributed by atoms with Crippen LogP contribution in [0.1, 0.15) is 29.6 Å². The number of methoxy groups -OCH3 is 1. The maximum absolute atomic E-state index is 12.1. The lowest BCUT2D eigenvalue weighted by Crippen LogP contribution is -2.40. The van der Waals surface area contributed by atoms with Crippen LogP contribution in [0.3, 0.4) is 0 Å². The highest BCUT2D eigenvalue weighted by atomic mass is 127. The molecule has 0 saturated heterocycles. The number of hydrogen-bond acceptors (Lipinski definition) is 3. The van der Waals surface area contributed by atoms with E-state index in [9.17, 15) is 9.90 Å². The Kier molecular flexibility index (Phi) is 4.45. The summed E-state index contributed by atoms with van der Waals surface area (Å²) in [6, 6.07) is 5.03. The first-order valence-electron chi connectivity index (χ1n) is 5.94. The third-order valence-electron chi connectivity index (χ3n) is 3.28. The van der Waals surface area contributed by atoms with Crippen LogP contribution in [-0.4, -0.2) is 30.3 Å². The van der Waals surface area contributed by atoms with Crippen molar-refractivity contribution < 1.29 is 14.6 Å². The summed E-state index contributed by atoms with van der Waals surface area (Å²) < 4.78 is 6.26. The van der Waals surface area contributed by atoms with Crippen molar-refractivity contribution in [2.45, 2.75) is 31.4 Å². The quantitative estimate of drug-likeness (QED) is 0.813. The zero-order valence-electron chi connectivity index (χ0n) is 10.1. The van der Waals surface area contributed by atoms with Crippen molar-refractivity contribution in [1.29, 1.82) is 0 Å². The van der Waals surface area contributed by atoms with Crippen LogP contribution in [0.25, 0.3) is 0 Å². The van der Waals surface area contributed by atoms with E-state index in [2.05, 4.69) is 27.9 Å². The molecule has 5 heteroatoms. The average Bonchev–Trinajstić information content (AvgIpc) is 2.79. The van der Waals surface area contributed by atoms with Gasteiger partial charge in [0.15, 0.2) is 0 Å². The van der Waals surface area contributed by atoms with Crippen molar-refractivity contribution >= 4 is 28.5 Å². The molecule has 1 amide bonds. The number of phenols is 1. The second-order valence-corrected chi connectivity index (χ2v) is 5.69. The molecule has 1 aromatic carbocycles. The minimum Gasteiger partial charge on any atom is -0.507 e. The predicted molar refractivity (Wildman–Crippen MR) is 76.7 cm³/mol. The van der Waals surface area contributed by atoms with Gasteiger partial charge in [-0.2, -0.15) is 0 Å². The van der Waals surface area contributed by atoms with Crippen LogP contribution >= 0.6 is 22.6 Å². The maximum atomic E-state index is 12.1. The van der Waals surface area contributed by atoms with Gasteiger partial charge in [-0.1, -0.05) is 0 Å². The molecule has 1 saturated carbocycles. The topological polar surface area (TPSA) is 58.6 Å². The molecular weight excluding hydrogens is 345 g/mol. The summed E-state index contributed by atoms with van der Waals surface area (Å²) in [6.07, 6.45) is 3.04. The van der Waals surface area contributed by atoms with E-state index in [-0.39, 0.29) is 23.8 Å². The highest BCUT2D eigenvalue weighted by Crippen LogP contribution is 2.24. The summed E-state index contributed by atoms with van der Waals surface area (Å²) in [5, 5.41) is 12.6. The Morgan fingerprint density at radius 1 is 1.50 bits per heavy atom. The lowest BCUT2D eigenvalue weighted by Gasteiger charge is -2.19. The van der Waals surface area contributed by atoms with Crippen molar-refractivity contribution in [2.24, 2.45) is 0 Å². The van der Waals surface area contributed by atoms with Gasteiger partial charge < -0.3 is 15.2 Å². The minimum absolute atomic E-state index is 0.0138. The van der Waals surface area contributed by atoms with Gasteiger partial charge >= 0.3 is 0 Å². The molecule has 0 heterocycles. The predicted octanol–water partition coefficient (Wildman–Crippen LogP) is 2.29. The fraction of sp³-hybridized carbons (Fsp3) is 0.462. The smallest absolute Gasteiger partial charge is 0.255 e. The number of aromatic hydroxyl groups is 1. The fourth-order valence-corrected chi connectivity index (χ4v) is 2.80. The van der Waals surface area contributed by atoms with E-state index in [0.29, 0.717) is 5.56 Å². The third kappa shape index (κ3) is 2.95. The second kappa shape index (κ2) is 5.88. The van der Waals surface area contributed by atoms with Crippen molar-refractivity contribution in [3.8, 4) is 5.75 Å². The molecule has 18 heavy (non-hydrogen) atoms. The van der Waals surface area contributed by atoms with Crippen molar-refractivity contribution in [3.63, 3.8) is 0 Å². The van der Waals surface area contributed by atoms with E-state index in [0.717, 1.165) is 22.8 Å². The van der Waals surface area contributed by atoms with Crippen LogP contribution in [0.4, 0.5) is 0 Å². The Balaban J connectivity index is 2.09. The highest BCUT2D eigenvalue weighted by Gasteiger charge is 2.29. The number of carbonyl (C=O) groups excluding carboxylic acids is 1. The number of halogens is 1. The maximum Gasteiger partial charge on any atom is 0.255 e. The lowest BCUT2D eigenvalue weighted by molar-refractivity contribution is 0.0720. The van der Waals surface area contributed by atoms with Gasteiger partial charge in [-0.25, -0.2) is 0 Å². The van der Waals surface area contributed by atoms with Gasteiger partial charge in [0.25, 0.3) is 5.91 Å². The number of hydrogen-bond donors (Lipinski definition) is 2. The zero-order chi connectivity index (χ0) is 13.1. The van der Waals surface area contributed by atoms with Crippen LogP contribution in [0.15, 0.2) is 18.2 Å². The summed E-state index contributed by atoms with van der Waals surface area (Å²) in [7, 11) is 1.66. The molecule has 98 valence electrons. The molecular formula is C13H16INO3. The van der Waals surface area contributed by atoms with Crippen molar-refractivity contribution in [2.75, 3.05) is 7.11 Å². The summed E-state index contributed by atoms with van der Waals surface area (Å²) in [6.45, 7) is 0. The number of carbonyl (C=O) groups is 1. The normalized spacial score (nSPS) is 23.0. The Hall–Kier alpha value is -0.820. The van der Waals surface area contributed by atoms with Crippen molar-refractivity contribution in [1.82, 2.24) is 5.32 Å². The molecule has 1 aliphatic carbocycles. The summed E-state index contributed by atoms with van der Waals surface area (Å²) in [5.41, 5.74) is 0.323. The highest BCUT2D eigenvalue weighted by molar-refractivity contribution is 14.1. The number of rotatable bonds is 3. The molecule has 1 aliphatic rings. The number of nitrogens with one attached hydrogen (secondary N) is 1. The largest absolute Gasteiger partial charge is 0.507 e. The van der Waals surface area contributed by atoms with Gasteiger partial charge in [0, 0.05) is 10.7 Å². The molecule has 2 N–H and O–H groups in total. The van der Waals surface area contributed by atoms with E-state index in [4.69, 9.17) is 4.74 Å². The first-order valence-corrected chi connectivity index (χ1v) is 7.02. The number of ether oxygens (including phenoxy) is 1. The van der Waals surface area contributed by atoms with Gasteiger partial charge in [0.1, 0.15) is 5.75 Å². The molecule has 0 aliphatic heterocycles. The average molecular weight is 361 g/mol. The fourth-order valence-electron chi connectivity index (χ4n) is 2.31. The number of amides is 1. The van der Waals surface area contributed by atoms with Gasteiger partial charge in [0.2, 0.25) is 0 Å². The summed E-state index contributed by atoms with van der Waals surface area (Å²) in [5.74, 6) is -0.222. The third-order valence-corrected chi connectivity index (χ3v) is 3.95. The van der Waals surface area contributed by atoms with Gasteiger partial charge in [-0.05, 0) is 60.1 Å². The first kappa shape index (κ1) is 13.6. The van der Waals surface area contributed by atoms with E-state index < -0.39 is 0 Å². The number of benzene rings is 1. The molecule has 1 fully saturated rings. The van der Waals surface area contributed by atoms with Gasteiger partial charge in [0.05, 0.1) is 17.7 Å². The monoisotopic (exact) mass is 361 g/mol. The zero-order valence-corrected chi connectivity index (χ0v) is 12.3. The van der Waals surface area contributed by atoms with E-state index in [1.807, 2.05) is 0 Å². The van der Waals surface area contributed by atoms with Crippen LogP contribution in [0.5, 0.6) is 5.75 Å². The lowest BCUT2D eigenvalue weighted by atomic mass is 10.1. The molecule has 2 unspecified atom stereocenters. The second-order valence-electron chi connectivity index (χ2n) is 4.45. The standard InChI is InChI=1S/C13H16INO3/c1-18-12-4-2-3-10(12)15-13(17)9-7-8(14)5-6-11(9)16/h5-7,10,12,16H,2-4H2,1H3,(H,15,17). The van der Waals surface area contributed by atoms with Crippen LogP contribution in [0, 0.1) is 3.57 Å². The Morgan fingerprint density at radius 2 is 2.28 bits per heavy atom. The van der Waals surface area contributed by atoms with Gasteiger partial charge in [-0.15, -0.1) is 0 Å². The van der Waals surface area contributed by atoms with Gasteiger partial charge in [-0.3, -0.25) is 4.79 Å². The van der Waals surface area contributed by atoms with E-state index in [1.165, 1.54) is 0 Å². The summed E-state index contributed by atoms with van der Waals surface area (Å²) >= 11 is 2.12. The molecule has 0 aromatic heterocycles. The molecule has 0 radical (unpaired) electrons. The molecule has 0 spiro atoms.